The van der Waals surface area contributed by atoms with Crippen molar-refractivity contribution in [2.45, 2.75) is 19.4 Å². The number of aldehydes is 1. The van der Waals surface area contributed by atoms with Gasteiger partial charge in [0, 0.05) is 12.5 Å². The zero-order valence-electron chi connectivity index (χ0n) is 10.5. The second-order valence-corrected chi connectivity index (χ2v) is 4.43. The molecule has 2 heteroatoms. The molecule has 92 valence electrons. The van der Waals surface area contributed by atoms with Crippen LogP contribution >= 0.6 is 0 Å². The molecule has 0 saturated heterocycles. The number of allylic oxidation sites excluding steroid dienone is 1. The minimum atomic E-state index is 0.116. The average molecular weight is 231 g/mol. The number of nitrogens with zero attached hydrogens (tertiary/aromatic N) is 1. The van der Waals surface area contributed by atoms with Gasteiger partial charge in [0.15, 0.2) is 0 Å². The van der Waals surface area contributed by atoms with Crippen LogP contribution in [0.1, 0.15) is 18.4 Å². The lowest BCUT2D eigenvalue weighted by Crippen LogP contribution is -2.21. The first-order valence-electron chi connectivity index (χ1n) is 6.05. The second-order valence-electron chi connectivity index (χ2n) is 4.43. The lowest BCUT2D eigenvalue weighted by Gasteiger charge is -2.18. The predicted molar refractivity (Wildman–Crippen MR) is 71.8 cm³/mol. The minimum Gasteiger partial charge on any atom is -0.303 e. The molecule has 0 fully saturated rings. The number of carbonyl (C=O) groups is 1. The van der Waals surface area contributed by atoms with Gasteiger partial charge < -0.3 is 9.69 Å². The van der Waals surface area contributed by atoms with Crippen molar-refractivity contribution in [2.24, 2.45) is 5.92 Å². The van der Waals surface area contributed by atoms with E-state index < -0.39 is 0 Å². The number of benzene rings is 1. The monoisotopic (exact) mass is 231 g/mol. The van der Waals surface area contributed by atoms with E-state index in [1.54, 1.807) is 0 Å². The summed E-state index contributed by atoms with van der Waals surface area (Å²) in [6.45, 7) is 5.54. The summed E-state index contributed by atoms with van der Waals surface area (Å²) in [4.78, 5) is 13.0. The molecule has 1 aromatic carbocycles. The van der Waals surface area contributed by atoms with E-state index in [1.165, 1.54) is 5.56 Å². The van der Waals surface area contributed by atoms with Crippen molar-refractivity contribution in [1.29, 1.82) is 0 Å². The molecule has 2 nitrogen and oxygen atoms in total. The highest BCUT2D eigenvalue weighted by molar-refractivity contribution is 5.53. The first-order chi connectivity index (χ1) is 8.26. The van der Waals surface area contributed by atoms with E-state index in [0.29, 0.717) is 0 Å². The van der Waals surface area contributed by atoms with Gasteiger partial charge in [0.05, 0.1) is 0 Å². The molecule has 0 N–H and O–H groups in total. The van der Waals surface area contributed by atoms with Crippen LogP contribution in [0.4, 0.5) is 0 Å². The zero-order valence-corrected chi connectivity index (χ0v) is 10.5. The standard InChI is InChI=1S/C15H21NO/c1-3-7-15(13-17)10-11-16(2)12-14-8-5-4-6-9-14/h3-6,8-9,13,15H,1,7,10-12H2,2H3. The van der Waals surface area contributed by atoms with Crippen molar-refractivity contribution in [3.05, 3.63) is 48.6 Å². The molecule has 0 heterocycles. The Bertz CT molecular complexity index is 334. The summed E-state index contributed by atoms with van der Waals surface area (Å²) in [5, 5.41) is 0. The predicted octanol–water partition coefficient (Wildman–Crippen LogP) is 2.90. The van der Waals surface area contributed by atoms with Gasteiger partial charge in [-0.2, -0.15) is 0 Å². The minimum absolute atomic E-state index is 0.116. The van der Waals surface area contributed by atoms with E-state index >= 15 is 0 Å². The molecule has 1 unspecified atom stereocenters. The lowest BCUT2D eigenvalue weighted by molar-refractivity contribution is -0.111. The number of rotatable bonds is 8. The first kappa shape index (κ1) is 13.7. The van der Waals surface area contributed by atoms with Crippen LogP contribution in [0.15, 0.2) is 43.0 Å². The molecule has 0 aliphatic heterocycles. The molecular weight excluding hydrogens is 210 g/mol. The number of hydrogen-bond acceptors (Lipinski definition) is 2. The maximum atomic E-state index is 10.8. The Morgan fingerprint density at radius 3 is 2.65 bits per heavy atom. The molecule has 0 radical (unpaired) electrons. The fraction of sp³-hybridized carbons (Fsp3) is 0.400. The van der Waals surface area contributed by atoms with Crippen LogP contribution in [-0.4, -0.2) is 24.8 Å². The molecule has 1 atom stereocenters. The zero-order chi connectivity index (χ0) is 12.5. The van der Waals surface area contributed by atoms with Crippen LogP contribution in [-0.2, 0) is 11.3 Å². The fourth-order valence-electron chi connectivity index (χ4n) is 1.82. The topological polar surface area (TPSA) is 20.3 Å². The van der Waals surface area contributed by atoms with Gasteiger partial charge >= 0.3 is 0 Å². The van der Waals surface area contributed by atoms with Crippen LogP contribution in [0, 0.1) is 5.92 Å². The van der Waals surface area contributed by atoms with Crippen molar-refractivity contribution >= 4 is 6.29 Å². The smallest absolute Gasteiger partial charge is 0.123 e. The summed E-state index contributed by atoms with van der Waals surface area (Å²) >= 11 is 0. The van der Waals surface area contributed by atoms with Crippen molar-refractivity contribution < 1.29 is 4.79 Å². The first-order valence-corrected chi connectivity index (χ1v) is 6.05. The van der Waals surface area contributed by atoms with Crippen molar-refractivity contribution in [2.75, 3.05) is 13.6 Å². The highest BCUT2D eigenvalue weighted by Gasteiger charge is 2.07. The van der Waals surface area contributed by atoms with Gasteiger partial charge in [-0.1, -0.05) is 36.4 Å². The van der Waals surface area contributed by atoms with E-state index in [-0.39, 0.29) is 5.92 Å². The number of carbonyl (C=O) groups excluding carboxylic acids is 1. The van der Waals surface area contributed by atoms with Gasteiger partial charge in [-0.15, -0.1) is 6.58 Å². The van der Waals surface area contributed by atoms with E-state index in [1.807, 2.05) is 12.1 Å². The van der Waals surface area contributed by atoms with Crippen molar-refractivity contribution in [3.8, 4) is 0 Å². The maximum absolute atomic E-state index is 10.8. The van der Waals surface area contributed by atoms with Gasteiger partial charge in [0.25, 0.3) is 0 Å². The molecule has 0 aromatic heterocycles. The van der Waals surface area contributed by atoms with E-state index in [2.05, 4.69) is 42.8 Å². The van der Waals surface area contributed by atoms with Gasteiger partial charge in [-0.05, 0) is 32.0 Å². The Balaban J connectivity index is 2.32. The molecule has 0 aliphatic carbocycles. The molecule has 0 amide bonds. The van der Waals surface area contributed by atoms with Crippen molar-refractivity contribution in [3.63, 3.8) is 0 Å². The van der Waals surface area contributed by atoms with Crippen LogP contribution < -0.4 is 0 Å². The lowest BCUT2D eigenvalue weighted by atomic mass is 10.0. The van der Waals surface area contributed by atoms with Crippen molar-refractivity contribution in [1.82, 2.24) is 4.90 Å². The normalized spacial score (nSPS) is 12.4. The summed E-state index contributed by atoms with van der Waals surface area (Å²) in [6, 6.07) is 10.4. The Kier molecular flexibility index (Phi) is 6.26. The summed E-state index contributed by atoms with van der Waals surface area (Å²) in [5.41, 5.74) is 1.31. The Morgan fingerprint density at radius 1 is 1.35 bits per heavy atom. The molecule has 17 heavy (non-hydrogen) atoms. The van der Waals surface area contributed by atoms with Gasteiger partial charge in [-0.3, -0.25) is 0 Å². The van der Waals surface area contributed by atoms with Gasteiger partial charge in [0.1, 0.15) is 6.29 Å². The molecule has 0 spiro atoms. The fourth-order valence-corrected chi connectivity index (χ4v) is 1.82. The maximum Gasteiger partial charge on any atom is 0.123 e. The molecule has 0 aliphatic rings. The third-order valence-corrected chi connectivity index (χ3v) is 2.84. The Labute approximate surface area is 104 Å². The highest BCUT2D eigenvalue weighted by atomic mass is 16.1. The number of hydrogen-bond donors (Lipinski definition) is 0. The quantitative estimate of drug-likeness (QED) is 0.506. The molecule has 1 aromatic rings. The Morgan fingerprint density at radius 2 is 2.06 bits per heavy atom. The van der Waals surface area contributed by atoms with Gasteiger partial charge in [-0.25, -0.2) is 0 Å². The van der Waals surface area contributed by atoms with Crippen LogP contribution in [0.3, 0.4) is 0 Å². The van der Waals surface area contributed by atoms with Crippen LogP contribution in [0.25, 0.3) is 0 Å². The molecular formula is C15H21NO. The summed E-state index contributed by atoms with van der Waals surface area (Å²) < 4.78 is 0. The second kappa shape index (κ2) is 7.80. The largest absolute Gasteiger partial charge is 0.303 e. The SMILES string of the molecule is C=CCC(C=O)CCN(C)Cc1ccccc1. The van der Waals surface area contributed by atoms with E-state index in [4.69, 9.17) is 0 Å². The van der Waals surface area contributed by atoms with E-state index in [0.717, 1.165) is 32.2 Å². The summed E-state index contributed by atoms with van der Waals surface area (Å²) in [5.74, 6) is 0.116. The summed E-state index contributed by atoms with van der Waals surface area (Å²) in [6.07, 6.45) is 4.54. The average Bonchev–Trinajstić information content (AvgIpc) is 2.35. The van der Waals surface area contributed by atoms with E-state index in [9.17, 15) is 4.79 Å². The summed E-state index contributed by atoms with van der Waals surface area (Å²) in [7, 11) is 2.09. The molecule has 0 saturated carbocycles. The van der Waals surface area contributed by atoms with Gasteiger partial charge in [0.2, 0.25) is 0 Å². The third-order valence-electron chi connectivity index (χ3n) is 2.84. The Hall–Kier alpha value is -1.41. The van der Waals surface area contributed by atoms with Crippen LogP contribution in [0.5, 0.6) is 0 Å². The third kappa shape index (κ3) is 5.45. The highest BCUT2D eigenvalue weighted by Crippen LogP contribution is 2.09. The molecule has 0 bridgehead atoms. The molecule has 1 rings (SSSR count). The van der Waals surface area contributed by atoms with Crippen LogP contribution in [0.2, 0.25) is 0 Å².